The van der Waals surface area contributed by atoms with Crippen LogP contribution in [0.15, 0.2) is 24.3 Å². The lowest BCUT2D eigenvalue weighted by Crippen LogP contribution is -2.46. The molecule has 0 unspecified atom stereocenters. The van der Waals surface area contributed by atoms with Crippen molar-refractivity contribution in [2.75, 3.05) is 57.1 Å². The molecule has 0 aliphatic carbocycles. The zero-order chi connectivity index (χ0) is 12.8. The van der Waals surface area contributed by atoms with Gasteiger partial charge in [-0.1, -0.05) is 0 Å². The molecule has 0 amide bonds. The number of rotatable bonds is 5. The fraction of sp³-hybridized carbons (Fsp3) is 0.571. The van der Waals surface area contributed by atoms with Crippen molar-refractivity contribution >= 4 is 11.4 Å². The summed E-state index contributed by atoms with van der Waals surface area (Å²) in [5.74, 6) is 0. The van der Waals surface area contributed by atoms with Crippen molar-refractivity contribution in [2.24, 2.45) is 0 Å². The first kappa shape index (κ1) is 13.2. The topological polar surface area (TPSA) is 41.7 Å². The van der Waals surface area contributed by atoms with Crippen molar-refractivity contribution in [2.45, 2.75) is 6.42 Å². The number of piperazine rings is 1. The van der Waals surface area contributed by atoms with Gasteiger partial charge in [-0.3, -0.25) is 4.90 Å². The highest BCUT2D eigenvalue weighted by Crippen LogP contribution is 2.18. The quantitative estimate of drug-likeness (QED) is 0.633. The van der Waals surface area contributed by atoms with Gasteiger partial charge in [-0.2, -0.15) is 0 Å². The van der Waals surface area contributed by atoms with Gasteiger partial charge in [-0.25, -0.2) is 0 Å². The maximum Gasteiger partial charge on any atom is 0.0474 e. The molecule has 4 heteroatoms. The van der Waals surface area contributed by atoms with Crippen LogP contribution in [0.3, 0.4) is 0 Å². The molecular formula is C14H23N3O. The van der Waals surface area contributed by atoms with Gasteiger partial charge in [0, 0.05) is 57.8 Å². The Bertz CT molecular complexity index is 345. The minimum absolute atomic E-state index is 0.831. The average molecular weight is 249 g/mol. The van der Waals surface area contributed by atoms with E-state index in [1.165, 1.54) is 5.69 Å². The molecule has 0 bridgehead atoms. The number of hydrogen-bond acceptors (Lipinski definition) is 4. The summed E-state index contributed by atoms with van der Waals surface area (Å²) in [6, 6.07) is 8.16. The molecule has 2 N–H and O–H groups in total. The van der Waals surface area contributed by atoms with Crippen LogP contribution in [0, 0.1) is 0 Å². The van der Waals surface area contributed by atoms with Gasteiger partial charge >= 0.3 is 0 Å². The van der Waals surface area contributed by atoms with E-state index in [0.29, 0.717) is 0 Å². The standard InChI is InChI=1S/C14H23N3O/c1-18-12-2-7-16-8-10-17(11-9-16)14-5-3-13(15)4-6-14/h3-6H,2,7-12,15H2,1H3. The molecule has 1 fully saturated rings. The summed E-state index contributed by atoms with van der Waals surface area (Å²) in [6.07, 6.45) is 1.12. The van der Waals surface area contributed by atoms with Crippen LogP contribution in [0.5, 0.6) is 0 Å². The van der Waals surface area contributed by atoms with Gasteiger partial charge in [0.2, 0.25) is 0 Å². The summed E-state index contributed by atoms with van der Waals surface area (Å²) in [6.45, 7) is 6.46. The molecule has 1 saturated heterocycles. The van der Waals surface area contributed by atoms with E-state index in [2.05, 4.69) is 21.9 Å². The Balaban J connectivity index is 1.77. The third-order valence-corrected chi connectivity index (χ3v) is 3.45. The first-order valence-electron chi connectivity index (χ1n) is 6.61. The Morgan fingerprint density at radius 3 is 2.39 bits per heavy atom. The summed E-state index contributed by atoms with van der Waals surface area (Å²) in [4.78, 5) is 4.93. The molecule has 1 aliphatic rings. The van der Waals surface area contributed by atoms with Gasteiger partial charge in [0.1, 0.15) is 0 Å². The number of methoxy groups -OCH3 is 1. The van der Waals surface area contributed by atoms with E-state index in [9.17, 15) is 0 Å². The number of ether oxygens (including phenoxy) is 1. The normalized spacial score (nSPS) is 17.1. The van der Waals surface area contributed by atoms with E-state index in [1.807, 2.05) is 12.1 Å². The molecule has 1 aromatic carbocycles. The van der Waals surface area contributed by atoms with Crippen LogP contribution in [0.2, 0.25) is 0 Å². The Morgan fingerprint density at radius 2 is 1.78 bits per heavy atom. The van der Waals surface area contributed by atoms with Crippen LogP contribution in [0.1, 0.15) is 6.42 Å². The predicted molar refractivity (Wildman–Crippen MR) is 76.0 cm³/mol. The van der Waals surface area contributed by atoms with Crippen molar-refractivity contribution in [1.29, 1.82) is 0 Å². The number of nitrogen functional groups attached to an aromatic ring is 1. The maximum atomic E-state index is 5.71. The Hall–Kier alpha value is -1.26. The van der Waals surface area contributed by atoms with Crippen LogP contribution >= 0.6 is 0 Å². The summed E-state index contributed by atoms with van der Waals surface area (Å²) in [5.41, 5.74) is 7.82. The number of nitrogens with two attached hydrogens (primary N) is 1. The van der Waals surface area contributed by atoms with Crippen molar-refractivity contribution in [3.8, 4) is 0 Å². The number of anilines is 2. The highest BCUT2D eigenvalue weighted by atomic mass is 16.5. The SMILES string of the molecule is COCCCN1CCN(c2ccc(N)cc2)CC1. The molecule has 0 aromatic heterocycles. The van der Waals surface area contributed by atoms with E-state index in [-0.39, 0.29) is 0 Å². The summed E-state index contributed by atoms with van der Waals surface area (Å²) in [7, 11) is 1.76. The van der Waals surface area contributed by atoms with Gasteiger partial charge in [0.25, 0.3) is 0 Å². The van der Waals surface area contributed by atoms with Gasteiger partial charge in [-0.15, -0.1) is 0 Å². The predicted octanol–water partition coefficient (Wildman–Crippen LogP) is 1.43. The molecule has 0 saturated carbocycles. The minimum Gasteiger partial charge on any atom is -0.399 e. The molecule has 4 nitrogen and oxygen atoms in total. The zero-order valence-corrected chi connectivity index (χ0v) is 11.1. The molecule has 1 aliphatic heterocycles. The van der Waals surface area contributed by atoms with E-state index in [4.69, 9.17) is 10.5 Å². The lowest BCUT2D eigenvalue weighted by molar-refractivity contribution is 0.169. The summed E-state index contributed by atoms with van der Waals surface area (Å²) >= 11 is 0. The molecule has 0 radical (unpaired) electrons. The van der Waals surface area contributed by atoms with Gasteiger partial charge in [0.15, 0.2) is 0 Å². The van der Waals surface area contributed by atoms with Gasteiger partial charge in [-0.05, 0) is 30.7 Å². The first-order valence-corrected chi connectivity index (χ1v) is 6.61. The van der Waals surface area contributed by atoms with Crippen molar-refractivity contribution in [1.82, 2.24) is 4.90 Å². The third-order valence-electron chi connectivity index (χ3n) is 3.45. The molecule has 2 rings (SSSR count). The van der Waals surface area contributed by atoms with Crippen LogP contribution < -0.4 is 10.6 Å². The van der Waals surface area contributed by atoms with Crippen LogP contribution in [-0.4, -0.2) is 51.3 Å². The second kappa shape index (κ2) is 6.61. The molecule has 18 heavy (non-hydrogen) atoms. The van der Waals surface area contributed by atoms with Crippen molar-refractivity contribution in [3.05, 3.63) is 24.3 Å². The summed E-state index contributed by atoms with van der Waals surface area (Å²) in [5, 5.41) is 0. The highest BCUT2D eigenvalue weighted by molar-refractivity contribution is 5.53. The van der Waals surface area contributed by atoms with E-state index >= 15 is 0 Å². The van der Waals surface area contributed by atoms with Gasteiger partial charge < -0.3 is 15.4 Å². The zero-order valence-electron chi connectivity index (χ0n) is 11.1. The van der Waals surface area contributed by atoms with E-state index in [0.717, 1.165) is 51.4 Å². The lowest BCUT2D eigenvalue weighted by Gasteiger charge is -2.36. The lowest BCUT2D eigenvalue weighted by atomic mass is 10.2. The second-order valence-electron chi connectivity index (χ2n) is 4.77. The third kappa shape index (κ3) is 3.62. The van der Waals surface area contributed by atoms with Crippen molar-refractivity contribution in [3.63, 3.8) is 0 Å². The van der Waals surface area contributed by atoms with Crippen LogP contribution in [0.4, 0.5) is 11.4 Å². The maximum absolute atomic E-state index is 5.71. The minimum atomic E-state index is 0.831. The second-order valence-corrected chi connectivity index (χ2v) is 4.77. The van der Waals surface area contributed by atoms with Crippen LogP contribution in [0.25, 0.3) is 0 Å². The van der Waals surface area contributed by atoms with E-state index in [1.54, 1.807) is 7.11 Å². The number of nitrogens with zero attached hydrogens (tertiary/aromatic N) is 2. The fourth-order valence-electron chi connectivity index (χ4n) is 2.35. The van der Waals surface area contributed by atoms with Crippen molar-refractivity contribution < 1.29 is 4.74 Å². The van der Waals surface area contributed by atoms with Gasteiger partial charge in [0.05, 0.1) is 0 Å². The van der Waals surface area contributed by atoms with Crippen LogP contribution in [-0.2, 0) is 4.74 Å². The fourth-order valence-corrected chi connectivity index (χ4v) is 2.35. The molecular weight excluding hydrogens is 226 g/mol. The molecule has 100 valence electrons. The highest BCUT2D eigenvalue weighted by Gasteiger charge is 2.16. The Kier molecular flexibility index (Phi) is 4.84. The molecule has 1 aromatic rings. The average Bonchev–Trinajstić information content (AvgIpc) is 2.41. The largest absolute Gasteiger partial charge is 0.399 e. The molecule has 1 heterocycles. The number of benzene rings is 1. The number of hydrogen-bond donors (Lipinski definition) is 1. The summed E-state index contributed by atoms with van der Waals surface area (Å²) < 4.78 is 5.09. The molecule has 0 atom stereocenters. The smallest absolute Gasteiger partial charge is 0.0474 e. The molecule has 0 spiro atoms. The Morgan fingerprint density at radius 1 is 1.11 bits per heavy atom. The monoisotopic (exact) mass is 249 g/mol. The Labute approximate surface area is 109 Å². The van der Waals surface area contributed by atoms with E-state index < -0.39 is 0 Å². The first-order chi connectivity index (χ1) is 8.79.